The zero-order chi connectivity index (χ0) is 28.9. The van der Waals surface area contributed by atoms with Gasteiger partial charge in [0.2, 0.25) is 11.8 Å². The molecule has 216 valence electrons. The predicted octanol–water partition coefficient (Wildman–Crippen LogP) is 5.71. The third-order valence-corrected chi connectivity index (χ3v) is 6.76. The quantitative estimate of drug-likeness (QED) is 0.241. The summed E-state index contributed by atoms with van der Waals surface area (Å²) in [7, 11) is 0. The molecule has 1 aromatic carbocycles. The van der Waals surface area contributed by atoms with Crippen LogP contribution in [0.25, 0.3) is 0 Å². The van der Waals surface area contributed by atoms with Gasteiger partial charge in [-0.1, -0.05) is 51.3 Å². The molecule has 3 atom stereocenters. The lowest BCUT2D eigenvalue weighted by Gasteiger charge is -2.35. The van der Waals surface area contributed by atoms with E-state index < -0.39 is 23.8 Å². The van der Waals surface area contributed by atoms with E-state index >= 15 is 0 Å². The number of ether oxygens (including phenoxy) is 1. The Morgan fingerprint density at radius 2 is 1.76 bits per heavy atom. The summed E-state index contributed by atoms with van der Waals surface area (Å²) in [5.41, 5.74) is 0.272. The molecule has 1 aromatic rings. The highest BCUT2D eigenvalue weighted by atomic mass is 32.2. The second kappa shape index (κ2) is 16.5. The molecule has 3 N–H and O–H groups in total. The number of nitrogens with one attached hydrogen (secondary N) is 2. The Bertz CT molecular complexity index is 903. The molecule has 1 rings (SSSR count). The second-order valence-corrected chi connectivity index (χ2v) is 11.8. The zero-order valence-electron chi connectivity index (χ0n) is 24.6. The minimum Gasteiger partial charge on any atom is -0.507 e. The van der Waals surface area contributed by atoms with Crippen LogP contribution in [0.15, 0.2) is 18.2 Å². The van der Waals surface area contributed by atoms with Crippen molar-refractivity contribution in [2.75, 3.05) is 18.6 Å². The summed E-state index contributed by atoms with van der Waals surface area (Å²) in [6.45, 7) is 13.4. The van der Waals surface area contributed by atoms with Crippen LogP contribution in [0, 0.1) is 6.92 Å². The minimum atomic E-state index is -1.05. The normalized spacial score (nSPS) is 13.8. The van der Waals surface area contributed by atoms with Gasteiger partial charge in [-0.2, -0.15) is 11.8 Å². The van der Waals surface area contributed by atoms with Crippen molar-refractivity contribution >= 4 is 29.7 Å². The number of nitrogens with zero attached hydrogens (tertiary/aromatic N) is 1. The maximum atomic E-state index is 14.2. The number of thioether (sulfide) groups is 1. The van der Waals surface area contributed by atoms with E-state index in [1.807, 2.05) is 20.1 Å². The molecule has 3 amide bonds. The molecule has 0 aliphatic heterocycles. The number of phenols is 1. The van der Waals surface area contributed by atoms with Crippen LogP contribution in [-0.2, 0) is 14.3 Å². The number of rotatable bonds is 15. The Kier molecular flexibility index (Phi) is 14.6. The number of para-hydroxylation sites is 1. The monoisotopic (exact) mass is 551 g/mol. The van der Waals surface area contributed by atoms with E-state index in [9.17, 15) is 19.5 Å². The third kappa shape index (κ3) is 11.1. The van der Waals surface area contributed by atoms with Crippen molar-refractivity contribution in [1.29, 1.82) is 0 Å². The fraction of sp³-hybridized carbons (Fsp3) is 0.690. The maximum absolute atomic E-state index is 14.2. The Morgan fingerprint density at radius 3 is 2.34 bits per heavy atom. The zero-order valence-corrected chi connectivity index (χ0v) is 25.4. The van der Waals surface area contributed by atoms with E-state index in [1.54, 1.807) is 57.7 Å². The van der Waals surface area contributed by atoms with Gasteiger partial charge >= 0.3 is 6.09 Å². The first-order valence-corrected chi connectivity index (χ1v) is 15.1. The van der Waals surface area contributed by atoms with Gasteiger partial charge in [-0.15, -0.1) is 0 Å². The highest BCUT2D eigenvalue weighted by Gasteiger charge is 2.37. The Labute approximate surface area is 233 Å². The van der Waals surface area contributed by atoms with Crippen LogP contribution in [0.4, 0.5) is 4.79 Å². The number of carbonyl (C=O) groups excluding carboxylic acids is 3. The van der Waals surface area contributed by atoms with Crippen molar-refractivity contribution in [3.05, 3.63) is 29.3 Å². The molecule has 0 spiro atoms. The first-order chi connectivity index (χ1) is 17.9. The predicted molar refractivity (Wildman–Crippen MR) is 155 cm³/mol. The molecule has 8 nitrogen and oxygen atoms in total. The number of amides is 3. The van der Waals surface area contributed by atoms with Gasteiger partial charge in [0, 0.05) is 18.2 Å². The first kappa shape index (κ1) is 33.6. The largest absolute Gasteiger partial charge is 0.507 e. The van der Waals surface area contributed by atoms with Crippen LogP contribution in [0.3, 0.4) is 0 Å². The SMILES string of the molecule is CCCCCN(C(=O)C(CCSC)NC(=O)OC(C)(C)C)C(C(=O)NC(C)CCC)c1cccc(C)c1O. The van der Waals surface area contributed by atoms with E-state index in [-0.39, 0.29) is 23.6 Å². The van der Waals surface area contributed by atoms with Crippen molar-refractivity contribution in [3.8, 4) is 5.75 Å². The van der Waals surface area contributed by atoms with Gasteiger partial charge in [-0.3, -0.25) is 9.59 Å². The summed E-state index contributed by atoms with van der Waals surface area (Å²) in [5.74, 6) is -0.0950. The average molecular weight is 552 g/mol. The number of alkyl carbamates (subject to hydrolysis) is 1. The van der Waals surface area contributed by atoms with E-state index in [1.165, 1.54) is 4.90 Å². The van der Waals surface area contributed by atoms with Gasteiger partial charge < -0.3 is 25.4 Å². The lowest BCUT2D eigenvalue weighted by Crippen LogP contribution is -2.54. The van der Waals surface area contributed by atoms with Crippen LogP contribution >= 0.6 is 11.8 Å². The molecule has 0 saturated heterocycles. The van der Waals surface area contributed by atoms with E-state index in [0.717, 1.165) is 25.7 Å². The first-order valence-electron chi connectivity index (χ1n) is 13.7. The fourth-order valence-corrected chi connectivity index (χ4v) is 4.69. The molecule has 38 heavy (non-hydrogen) atoms. The van der Waals surface area contributed by atoms with Gasteiger partial charge in [-0.05, 0) is 71.5 Å². The molecule has 3 unspecified atom stereocenters. The highest BCUT2D eigenvalue weighted by molar-refractivity contribution is 7.98. The molecule has 0 aromatic heterocycles. The molecule has 0 saturated carbocycles. The maximum Gasteiger partial charge on any atom is 0.408 e. The number of phenolic OH excluding ortho intramolecular Hbond substituents is 1. The van der Waals surface area contributed by atoms with Gasteiger partial charge in [-0.25, -0.2) is 4.79 Å². The van der Waals surface area contributed by atoms with Crippen molar-refractivity contribution in [1.82, 2.24) is 15.5 Å². The van der Waals surface area contributed by atoms with Crippen LogP contribution in [-0.4, -0.2) is 64.2 Å². The number of unbranched alkanes of at least 4 members (excludes halogenated alkanes) is 2. The molecule has 0 radical (unpaired) electrons. The Hall–Kier alpha value is -2.42. The van der Waals surface area contributed by atoms with Gasteiger partial charge in [0.15, 0.2) is 0 Å². The molecule has 0 bridgehead atoms. The Balaban J connectivity index is 3.55. The lowest BCUT2D eigenvalue weighted by molar-refractivity contribution is -0.143. The summed E-state index contributed by atoms with van der Waals surface area (Å²) in [4.78, 5) is 42.1. The van der Waals surface area contributed by atoms with Gasteiger partial charge in [0.05, 0.1) is 0 Å². The van der Waals surface area contributed by atoms with Crippen LogP contribution in [0.5, 0.6) is 5.75 Å². The van der Waals surface area contributed by atoms with Crippen molar-refractivity contribution in [3.63, 3.8) is 0 Å². The third-order valence-electron chi connectivity index (χ3n) is 6.12. The molecule has 0 heterocycles. The van der Waals surface area contributed by atoms with E-state index in [0.29, 0.717) is 36.3 Å². The number of carbonyl (C=O) groups is 3. The summed E-state index contributed by atoms with van der Waals surface area (Å²) >= 11 is 1.57. The summed E-state index contributed by atoms with van der Waals surface area (Å²) in [5, 5.41) is 16.8. The number of hydrogen-bond donors (Lipinski definition) is 3. The number of aromatic hydroxyl groups is 1. The van der Waals surface area contributed by atoms with Crippen LogP contribution in [0.1, 0.15) is 97.2 Å². The van der Waals surface area contributed by atoms with Crippen molar-refractivity contribution in [2.45, 2.75) is 111 Å². The number of aryl methyl sites for hydroxylation is 1. The minimum absolute atomic E-state index is 0.00940. The molecule has 9 heteroatoms. The Morgan fingerprint density at radius 1 is 1.08 bits per heavy atom. The fourth-order valence-electron chi connectivity index (χ4n) is 4.22. The molecular weight excluding hydrogens is 502 g/mol. The second-order valence-electron chi connectivity index (χ2n) is 10.8. The van der Waals surface area contributed by atoms with Gasteiger partial charge in [0.1, 0.15) is 23.4 Å². The van der Waals surface area contributed by atoms with Crippen molar-refractivity contribution < 1.29 is 24.2 Å². The lowest BCUT2D eigenvalue weighted by atomic mass is 9.98. The molecule has 0 fully saturated rings. The number of hydrogen-bond acceptors (Lipinski definition) is 6. The highest BCUT2D eigenvalue weighted by Crippen LogP contribution is 2.33. The van der Waals surface area contributed by atoms with Crippen LogP contribution < -0.4 is 10.6 Å². The van der Waals surface area contributed by atoms with Crippen molar-refractivity contribution in [2.24, 2.45) is 0 Å². The number of benzene rings is 1. The smallest absolute Gasteiger partial charge is 0.408 e. The summed E-state index contributed by atoms with van der Waals surface area (Å²) < 4.78 is 5.44. The summed E-state index contributed by atoms with van der Waals surface area (Å²) in [6.07, 6.45) is 5.82. The summed E-state index contributed by atoms with van der Waals surface area (Å²) in [6, 6.07) is 3.21. The molecular formula is C29H49N3O5S. The standard InChI is InChI=1S/C29H49N3O5S/c1-9-11-12-18-32(27(35)23(17-19-38-8)31-28(36)37-29(5,6)7)24(26(34)30-21(4)14-10-2)22-16-13-15-20(3)25(22)33/h13,15-16,21,23-24,33H,9-12,14,17-19H2,1-8H3,(H,30,34)(H,31,36). The molecule has 0 aliphatic rings. The van der Waals surface area contributed by atoms with E-state index in [4.69, 9.17) is 4.74 Å². The van der Waals surface area contributed by atoms with Gasteiger partial charge in [0.25, 0.3) is 0 Å². The van der Waals surface area contributed by atoms with E-state index in [2.05, 4.69) is 17.6 Å². The topological polar surface area (TPSA) is 108 Å². The molecule has 0 aliphatic carbocycles. The average Bonchev–Trinajstić information content (AvgIpc) is 2.82. The van der Waals surface area contributed by atoms with Crippen LogP contribution in [0.2, 0.25) is 0 Å².